The lowest BCUT2D eigenvalue weighted by Crippen LogP contribution is -2.75. The van der Waals surface area contributed by atoms with Crippen LogP contribution >= 0.6 is 0 Å². The van der Waals surface area contributed by atoms with Gasteiger partial charge in [0.05, 0.1) is 26.7 Å². The topological polar surface area (TPSA) is 81.2 Å². The first-order valence-electron chi connectivity index (χ1n) is 3.93. The molecule has 0 radical (unpaired) electrons. The number of hydrogen-bond donors (Lipinski definition) is 0. The third-order valence-electron chi connectivity index (χ3n) is 2.51. The molecule has 4 aliphatic heterocycles. The Morgan fingerprint density at radius 2 is 1.21 bits per heavy atom. The lowest BCUT2D eigenvalue weighted by molar-refractivity contribution is -0.000310. The van der Waals surface area contributed by atoms with E-state index in [4.69, 9.17) is 0 Å². The molecule has 0 spiro atoms. The normalized spacial score (nSPS) is 52.0. The van der Waals surface area contributed by atoms with Gasteiger partial charge in [0.1, 0.15) is 0 Å². The van der Waals surface area contributed by atoms with E-state index in [2.05, 4.69) is 0 Å². The van der Waals surface area contributed by atoms with Crippen molar-refractivity contribution in [2.24, 2.45) is 0 Å². The van der Waals surface area contributed by atoms with Crippen LogP contribution in [0.5, 0.6) is 0 Å². The lowest BCUT2D eigenvalue weighted by Gasteiger charge is -2.53. The van der Waals surface area contributed by atoms with E-state index in [0.29, 0.717) is 3.71 Å². The highest BCUT2D eigenvalue weighted by Gasteiger charge is 2.56. The van der Waals surface area contributed by atoms with Gasteiger partial charge < -0.3 is 0 Å². The van der Waals surface area contributed by atoms with Crippen LogP contribution in [-0.4, -0.2) is 60.7 Å². The molecule has 0 aromatic heterocycles. The maximum absolute atomic E-state index is 11.6. The Hall–Kier alpha value is -0.260. The minimum absolute atomic E-state index is 0.0579. The van der Waals surface area contributed by atoms with E-state index >= 15 is 0 Å². The quantitative estimate of drug-likeness (QED) is 0.469. The minimum Gasteiger partial charge on any atom is -0.260 e. The van der Waals surface area contributed by atoms with E-state index in [1.165, 1.54) is 0 Å². The average Bonchev–Trinajstić information content (AvgIpc) is 2.09. The molecule has 0 saturated carbocycles. The van der Waals surface area contributed by atoms with E-state index in [1.54, 1.807) is 4.90 Å². The zero-order chi connectivity index (χ0) is 10.1. The van der Waals surface area contributed by atoms with Crippen molar-refractivity contribution < 1.29 is 16.8 Å². The molecule has 14 heavy (non-hydrogen) atoms. The second-order valence-electron chi connectivity index (χ2n) is 3.43. The molecule has 0 amide bonds. The molecule has 4 rings (SSSR count). The molecule has 0 aromatic carbocycles. The summed E-state index contributed by atoms with van der Waals surface area (Å²) in [6, 6.07) is 0. The summed E-state index contributed by atoms with van der Waals surface area (Å²) >= 11 is 0. The van der Waals surface area contributed by atoms with Gasteiger partial charge in [-0.25, -0.2) is 0 Å². The summed E-state index contributed by atoms with van der Waals surface area (Å²) in [7, 11) is -7.56. The van der Waals surface area contributed by atoms with Gasteiger partial charge >= 0.3 is 0 Å². The molecule has 4 fully saturated rings. The van der Waals surface area contributed by atoms with E-state index < -0.39 is 20.4 Å². The van der Waals surface area contributed by atoms with Crippen molar-refractivity contribution in [2.75, 3.05) is 26.7 Å². The number of hydrogen-bond acceptors (Lipinski definition) is 5. The molecule has 4 aliphatic rings. The van der Waals surface area contributed by atoms with Gasteiger partial charge in [-0.2, -0.15) is 25.4 Å². The van der Waals surface area contributed by atoms with E-state index in [0.717, 1.165) is 8.61 Å². The van der Waals surface area contributed by atoms with Crippen molar-refractivity contribution >= 4 is 20.4 Å². The fraction of sp³-hybridized carbons (Fsp3) is 1.00. The van der Waals surface area contributed by atoms with Crippen LogP contribution in [0.15, 0.2) is 0 Å². The summed E-state index contributed by atoms with van der Waals surface area (Å²) in [6.07, 6.45) is 0. The Balaban J connectivity index is 2.23. The fourth-order valence-corrected chi connectivity index (χ4v) is 5.74. The molecule has 0 N–H and O–H groups in total. The predicted octanol–water partition coefficient (Wildman–Crippen LogP) is -2.45. The highest BCUT2D eigenvalue weighted by Crippen LogP contribution is 2.32. The Morgan fingerprint density at radius 1 is 0.714 bits per heavy atom. The molecule has 8 nitrogen and oxygen atoms in total. The summed E-state index contributed by atoms with van der Waals surface area (Å²) < 4.78 is 49.2. The van der Waals surface area contributed by atoms with Crippen LogP contribution < -0.4 is 0 Å². The van der Waals surface area contributed by atoms with Gasteiger partial charge in [0.25, 0.3) is 20.4 Å². The van der Waals surface area contributed by atoms with Crippen LogP contribution in [-0.2, 0) is 20.4 Å². The number of rotatable bonds is 0. The van der Waals surface area contributed by atoms with Crippen molar-refractivity contribution in [2.45, 2.75) is 0 Å². The average molecular weight is 240 g/mol. The van der Waals surface area contributed by atoms with Gasteiger partial charge in [0.2, 0.25) is 0 Å². The molecular formula is C4H8N4O4S2. The van der Waals surface area contributed by atoms with Crippen molar-refractivity contribution in [1.82, 2.24) is 17.2 Å². The van der Waals surface area contributed by atoms with Crippen LogP contribution in [0.1, 0.15) is 0 Å². The van der Waals surface area contributed by atoms with Crippen LogP contribution in [0.4, 0.5) is 0 Å². The van der Waals surface area contributed by atoms with Gasteiger partial charge in [-0.1, -0.05) is 3.71 Å². The van der Waals surface area contributed by atoms with Gasteiger partial charge in [0.15, 0.2) is 0 Å². The first kappa shape index (κ1) is 9.00. The van der Waals surface area contributed by atoms with Gasteiger partial charge in [-0.05, 0) is 0 Å². The van der Waals surface area contributed by atoms with Crippen LogP contribution in [0.3, 0.4) is 0 Å². The second-order valence-corrected chi connectivity index (χ2v) is 7.37. The number of nitrogens with zero attached hydrogens (tertiary/aromatic N) is 4. The molecule has 2 unspecified atom stereocenters. The van der Waals surface area contributed by atoms with E-state index in [9.17, 15) is 16.8 Å². The summed E-state index contributed by atoms with van der Waals surface area (Å²) in [6.45, 7) is 0.449. The first-order valence-corrected chi connectivity index (χ1v) is 6.72. The Bertz CT molecular complexity index is 441. The standard InChI is InChI=1S/C4H8N4O4S2/c9-13(10)6-1-5-2-7(4-6)14(11,12)8(13)3-5/h1-4H2. The van der Waals surface area contributed by atoms with E-state index in [1.807, 2.05) is 0 Å². The third kappa shape index (κ3) is 0.857. The largest absolute Gasteiger partial charge is 0.299 e. The summed E-state index contributed by atoms with van der Waals surface area (Å²) in [5, 5.41) is 0. The van der Waals surface area contributed by atoms with Crippen molar-refractivity contribution in [3.05, 3.63) is 0 Å². The molecule has 2 atom stereocenters. The zero-order valence-electron chi connectivity index (χ0n) is 7.07. The summed E-state index contributed by atoms with van der Waals surface area (Å²) in [5.41, 5.74) is 0. The molecule has 4 bridgehead atoms. The molecule has 80 valence electrons. The molecular weight excluding hydrogens is 232 g/mol. The minimum atomic E-state index is -3.78. The summed E-state index contributed by atoms with van der Waals surface area (Å²) in [5.74, 6) is 0. The van der Waals surface area contributed by atoms with Gasteiger partial charge in [-0.15, -0.1) is 0 Å². The lowest BCUT2D eigenvalue weighted by atomic mass is 10.6. The Morgan fingerprint density at radius 3 is 1.71 bits per heavy atom. The Kier molecular flexibility index (Phi) is 1.47. The monoisotopic (exact) mass is 240 g/mol. The third-order valence-corrected chi connectivity index (χ3v) is 6.67. The zero-order valence-corrected chi connectivity index (χ0v) is 8.70. The van der Waals surface area contributed by atoms with Crippen LogP contribution in [0.25, 0.3) is 0 Å². The van der Waals surface area contributed by atoms with Crippen molar-refractivity contribution in [1.29, 1.82) is 0 Å². The molecule has 4 saturated heterocycles. The van der Waals surface area contributed by atoms with Gasteiger partial charge in [0, 0.05) is 0 Å². The smallest absolute Gasteiger partial charge is 0.260 e. The highest BCUT2D eigenvalue weighted by atomic mass is 32.3. The van der Waals surface area contributed by atoms with Crippen LogP contribution in [0, 0.1) is 0 Å². The second kappa shape index (κ2) is 2.28. The highest BCUT2D eigenvalue weighted by molar-refractivity contribution is 8.02. The molecule has 0 aromatic rings. The molecule has 0 aliphatic carbocycles. The van der Waals surface area contributed by atoms with Crippen LogP contribution in [0.2, 0.25) is 0 Å². The maximum Gasteiger partial charge on any atom is 0.299 e. The Labute approximate surface area is 81.6 Å². The summed E-state index contributed by atoms with van der Waals surface area (Å²) in [4.78, 5) is 1.74. The molecule has 4 heterocycles. The van der Waals surface area contributed by atoms with E-state index in [-0.39, 0.29) is 26.7 Å². The van der Waals surface area contributed by atoms with Crippen molar-refractivity contribution in [3.63, 3.8) is 0 Å². The maximum atomic E-state index is 11.6. The van der Waals surface area contributed by atoms with Gasteiger partial charge in [-0.3, -0.25) is 4.90 Å². The first-order chi connectivity index (χ1) is 6.42. The predicted molar refractivity (Wildman–Crippen MR) is 44.7 cm³/mol. The van der Waals surface area contributed by atoms with Crippen molar-refractivity contribution in [3.8, 4) is 0 Å². The molecule has 10 heteroatoms. The SMILES string of the molecule is O=S1(=O)N2CN3CN(C2)S(=O)(=O)N1C3. The fourth-order valence-electron chi connectivity index (χ4n) is 1.82.